The summed E-state index contributed by atoms with van der Waals surface area (Å²) in [6.45, 7) is 0.626. The van der Waals surface area contributed by atoms with Crippen LogP contribution in [0.4, 0.5) is 8.78 Å². The highest BCUT2D eigenvalue weighted by Gasteiger charge is 2.54. The maximum atomic E-state index is 15.0. The number of halogens is 2. The molecule has 1 saturated carbocycles. The number of rotatable bonds is 13. The number of carbonyl (C=O) groups is 2. The molecule has 1 fully saturated rings. The number of nitrogens with zero attached hydrogens (tertiary/aromatic N) is 4. The number of pyridine rings is 2. The van der Waals surface area contributed by atoms with Crippen LogP contribution < -0.4 is 14.2 Å². The lowest BCUT2D eigenvalue weighted by atomic mass is 9.88. The molecule has 0 amide bonds. The Labute approximate surface area is 233 Å². The van der Waals surface area contributed by atoms with Gasteiger partial charge in [-0.05, 0) is 42.2 Å². The summed E-state index contributed by atoms with van der Waals surface area (Å²) >= 11 is 0. The van der Waals surface area contributed by atoms with Gasteiger partial charge in [-0.25, -0.2) is 23.7 Å². The number of ether oxygens (including phenoxy) is 4. The summed E-state index contributed by atoms with van der Waals surface area (Å²) in [6.07, 6.45) is 3.26. The quantitative estimate of drug-likeness (QED) is 0.172. The number of hydrogen-bond acceptors (Lipinski definition) is 10. The van der Waals surface area contributed by atoms with Crippen LogP contribution in [0, 0.1) is 17.0 Å². The van der Waals surface area contributed by atoms with Gasteiger partial charge in [-0.1, -0.05) is 12.1 Å². The molecule has 0 spiro atoms. The Balaban J connectivity index is 1.29. The van der Waals surface area contributed by atoms with Crippen LogP contribution in [0.5, 0.6) is 23.4 Å². The SMILES string of the molecule is COCCOc1cc2ncnc(Oc3ncc(CC(=O)C4(C(=O)Cc5ccc(F)cc5)CC4)cc3F)c2nc1OC. The minimum atomic E-state index is -1.10. The minimum absolute atomic E-state index is 0.0257. The fourth-order valence-electron chi connectivity index (χ4n) is 4.37. The Hall–Kier alpha value is -4.58. The van der Waals surface area contributed by atoms with E-state index in [9.17, 15) is 14.0 Å². The molecule has 1 aliphatic rings. The molecule has 12 heteroatoms. The Kier molecular flexibility index (Phi) is 8.11. The van der Waals surface area contributed by atoms with Crippen LogP contribution in [0.2, 0.25) is 0 Å². The highest BCUT2D eigenvalue weighted by molar-refractivity contribution is 6.10. The molecule has 212 valence electrons. The standard InChI is InChI=1S/C29H26F2N4O6/c1-38-9-10-40-22-14-21-25(35-27(22)39-2)28(34-16-33-21)41-26-20(31)11-18(15-32-26)13-24(37)29(7-8-29)23(36)12-17-3-5-19(30)6-4-17/h3-6,11,14-16H,7-10,12-13H2,1-2H3. The van der Waals surface area contributed by atoms with E-state index >= 15 is 4.39 Å². The summed E-state index contributed by atoms with van der Waals surface area (Å²) in [5.74, 6) is -1.71. The smallest absolute Gasteiger partial charge is 0.257 e. The van der Waals surface area contributed by atoms with Crippen molar-refractivity contribution in [3.63, 3.8) is 0 Å². The van der Waals surface area contributed by atoms with E-state index < -0.39 is 17.0 Å². The van der Waals surface area contributed by atoms with Gasteiger partial charge < -0.3 is 18.9 Å². The van der Waals surface area contributed by atoms with Crippen molar-refractivity contribution in [1.29, 1.82) is 0 Å². The Bertz CT molecular complexity index is 1590. The summed E-state index contributed by atoms with van der Waals surface area (Å²) in [4.78, 5) is 42.6. The number of ketones is 2. The first-order chi connectivity index (χ1) is 19.8. The van der Waals surface area contributed by atoms with E-state index in [0.29, 0.717) is 41.8 Å². The third kappa shape index (κ3) is 6.12. The second kappa shape index (κ2) is 11.9. The molecule has 0 aliphatic heterocycles. The van der Waals surface area contributed by atoms with Gasteiger partial charge in [-0.2, -0.15) is 4.98 Å². The van der Waals surface area contributed by atoms with Crippen molar-refractivity contribution in [3.8, 4) is 23.4 Å². The number of aromatic nitrogens is 4. The number of fused-ring (bicyclic) bond motifs is 1. The van der Waals surface area contributed by atoms with E-state index in [-0.39, 0.29) is 54.2 Å². The molecule has 3 heterocycles. The van der Waals surface area contributed by atoms with Crippen LogP contribution >= 0.6 is 0 Å². The van der Waals surface area contributed by atoms with Gasteiger partial charge in [-0.3, -0.25) is 9.59 Å². The summed E-state index contributed by atoms with van der Waals surface area (Å²) in [7, 11) is 2.97. The number of carbonyl (C=O) groups excluding carboxylic acids is 2. The molecule has 0 atom stereocenters. The van der Waals surface area contributed by atoms with Crippen molar-refractivity contribution in [3.05, 3.63) is 71.7 Å². The van der Waals surface area contributed by atoms with Gasteiger partial charge >= 0.3 is 0 Å². The van der Waals surface area contributed by atoms with Crippen LogP contribution in [0.1, 0.15) is 24.0 Å². The third-order valence-corrected chi connectivity index (χ3v) is 6.76. The van der Waals surface area contributed by atoms with E-state index in [1.54, 1.807) is 13.2 Å². The number of hydrogen-bond donors (Lipinski definition) is 0. The number of benzene rings is 1. The second-order valence-corrected chi connectivity index (χ2v) is 9.52. The lowest BCUT2D eigenvalue weighted by Gasteiger charge is -2.14. The maximum Gasteiger partial charge on any atom is 0.257 e. The fraction of sp³-hybridized carbons (Fsp3) is 0.310. The van der Waals surface area contributed by atoms with Crippen molar-refractivity contribution in [1.82, 2.24) is 19.9 Å². The van der Waals surface area contributed by atoms with Crippen LogP contribution in [-0.2, 0) is 27.2 Å². The van der Waals surface area contributed by atoms with Crippen molar-refractivity contribution in [2.24, 2.45) is 5.41 Å². The fourth-order valence-corrected chi connectivity index (χ4v) is 4.37. The first-order valence-corrected chi connectivity index (χ1v) is 12.8. The predicted octanol–water partition coefficient (Wildman–Crippen LogP) is 4.23. The molecule has 0 saturated heterocycles. The van der Waals surface area contributed by atoms with Crippen molar-refractivity contribution < 1.29 is 37.3 Å². The van der Waals surface area contributed by atoms with Gasteiger partial charge in [0.05, 0.1) is 19.1 Å². The molecule has 3 aromatic heterocycles. The topological polar surface area (TPSA) is 123 Å². The zero-order chi connectivity index (χ0) is 29.0. The first kappa shape index (κ1) is 28.0. The molecule has 4 aromatic rings. The zero-order valence-electron chi connectivity index (χ0n) is 22.4. The number of Topliss-reactive ketones (excluding diaryl/α,β-unsaturated/α-hetero) is 2. The summed E-state index contributed by atoms with van der Waals surface area (Å²) in [6, 6.07) is 8.32. The summed E-state index contributed by atoms with van der Waals surface area (Å²) in [5.41, 5.74) is 0.386. The normalized spacial score (nSPS) is 13.6. The minimum Gasteiger partial charge on any atom is -0.485 e. The number of methoxy groups -OCH3 is 2. The maximum absolute atomic E-state index is 15.0. The van der Waals surface area contributed by atoms with Gasteiger partial charge in [0.15, 0.2) is 28.6 Å². The molecule has 1 aromatic carbocycles. The first-order valence-electron chi connectivity index (χ1n) is 12.8. The van der Waals surface area contributed by atoms with Crippen molar-refractivity contribution in [2.45, 2.75) is 25.7 Å². The van der Waals surface area contributed by atoms with Gasteiger partial charge in [0.25, 0.3) is 17.6 Å². The van der Waals surface area contributed by atoms with Crippen LogP contribution in [0.3, 0.4) is 0 Å². The third-order valence-electron chi connectivity index (χ3n) is 6.76. The molecule has 0 N–H and O–H groups in total. The Morgan fingerprint density at radius 3 is 2.27 bits per heavy atom. The zero-order valence-corrected chi connectivity index (χ0v) is 22.4. The second-order valence-electron chi connectivity index (χ2n) is 9.52. The monoisotopic (exact) mass is 564 g/mol. The molecule has 0 bridgehead atoms. The molecule has 0 radical (unpaired) electrons. The van der Waals surface area contributed by atoms with Gasteiger partial charge in [0, 0.05) is 32.2 Å². The predicted molar refractivity (Wildman–Crippen MR) is 141 cm³/mol. The van der Waals surface area contributed by atoms with Crippen LogP contribution in [0.15, 0.2) is 48.9 Å². The van der Waals surface area contributed by atoms with Crippen LogP contribution in [0.25, 0.3) is 11.0 Å². The van der Waals surface area contributed by atoms with Crippen molar-refractivity contribution >= 4 is 22.6 Å². The van der Waals surface area contributed by atoms with E-state index in [0.717, 1.165) is 6.07 Å². The highest BCUT2D eigenvalue weighted by Crippen LogP contribution is 2.49. The molecule has 1 aliphatic carbocycles. The lowest BCUT2D eigenvalue weighted by Crippen LogP contribution is -2.29. The molecular formula is C29H26F2N4O6. The van der Waals surface area contributed by atoms with E-state index in [4.69, 9.17) is 18.9 Å². The van der Waals surface area contributed by atoms with E-state index in [1.165, 1.54) is 43.9 Å². The molecule has 41 heavy (non-hydrogen) atoms. The largest absolute Gasteiger partial charge is 0.485 e. The average Bonchev–Trinajstić information content (AvgIpc) is 3.78. The van der Waals surface area contributed by atoms with Crippen molar-refractivity contribution in [2.75, 3.05) is 27.4 Å². The Morgan fingerprint density at radius 1 is 0.878 bits per heavy atom. The molecule has 10 nitrogen and oxygen atoms in total. The molecule has 5 rings (SSSR count). The summed E-state index contributed by atoms with van der Waals surface area (Å²) < 4.78 is 49.8. The Morgan fingerprint density at radius 2 is 1.61 bits per heavy atom. The van der Waals surface area contributed by atoms with Gasteiger partial charge in [0.2, 0.25) is 0 Å². The van der Waals surface area contributed by atoms with Gasteiger partial charge in [-0.15, -0.1) is 0 Å². The summed E-state index contributed by atoms with van der Waals surface area (Å²) in [5, 5.41) is 0. The lowest BCUT2D eigenvalue weighted by molar-refractivity contribution is -0.133. The average molecular weight is 565 g/mol. The highest BCUT2D eigenvalue weighted by atomic mass is 19.1. The molecule has 0 unspecified atom stereocenters. The van der Waals surface area contributed by atoms with Gasteiger partial charge in [0.1, 0.15) is 24.3 Å². The molecular weight excluding hydrogens is 538 g/mol. The van der Waals surface area contributed by atoms with E-state index in [1.807, 2.05) is 0 Å². The van der Waals surface area contributed by atoms with Crippen LogP contribution in [-0.4, -0.2) is 58.9 Å². The van der Waals surface area contributed by atoms with E-state index in [2.05, 4.69) is 19.9 Å².